The first-order chi connectivity index (χ1) is 13.0. The topological polar surface area (TPSA) is 72.5 Å². The number of ether oxygens (including phenoxy) is 1. The molecule has 6 heteroatoms. The Hall–Kier alpha value is -3.41. The lowest BCUT2D eigenvalue weighted by molar-refractivity contribution is 0.460. The molecule has 0 unspecified atom stereocenters. The lowest BCUT2D eigenvalue weighted by atomic mass is 10.1. The summed E-state index contributed by atoms with van der Waals surface area (Å²) in [6.07, 6.45) is 1.64. The number of aryl methyl sites for hydroxylation is 2. The SMILES string of the molecule is Cc1cc(C)cc(NC(N)=NCc2ccnc(Oc3ccc(F)cc3)c2)c1. The summed E-state index contributed by atoms with van der Waals surface area (Å²) in [5.74, 6) is 0.943. The fraction of sp³-hybridized carbons (Fsp3) is 0.143. The second kappa shape index (κ2) is 8.31. The predicted octanol–water partition coefficient (Wildman–Crippen LogP) is 4.56. The van der Waals surface area contributed by atoms with Gasteiger partial charge in [0.1, 0.15) is 11.6 Å². The number of aromatic nitrogens is 1. The zero-order valence-corrected chi connectivity index (χ0v) is 15.2. The molecule has 0 saturated carbocycles. The highest BCUT2D eigenvalue weighted by Gasteiger charge is 2.02. The van der Waals surface area contributed by atoms with Crippen LogP contribution in [-0.2, 0) is 6.54 Å². The maximum absolute atomic E-state index is 13.0. The van der Waals surface area contributed by atoms with Crippen molar-refractivity contribution in [2.24, 2.45) is 10.7 Å². The largest absolute Gasteiger partial charge is 0.439 e. The van der Waals surface area contributed by atoms with Gasteiger partial charge in [-0.25, -0.2) is 14.4 Å². The molecule has 0 radical (unpaired) electrons. The number of rotatable bonds is 5. The van der Waals surface area contributed by atoms with Gasteiger partial charge < -0.3 is 15.8 Å². The van der Waals surface area contributed by atoms with E-state index in [1.807, 2.05) is 32.0 Å². The molecule has 0 spiro atoms. The van der Waals surface area contributed by atoms with Crippen molar-refractivity contribution in [2.75, 3.05) is 5.32 Å². The average Bonchev–Trinajstić information content (AvgIpc) is 2.61. The Kier molecular flexibility index (Phi) is 5.66. The third-order valence-corrected chi connectivity index (χ3v) is 3.76. The fourth-order valence-corrected chi connectivity index (χ4v) is 2.64. The van der Waals surface area contributed by atoms with Crippen molar-refractivity contribution < 1.29 is 9.13 Å². The summed E-state index contributed by atoms with van der Waals surface area (Å²) >= 11 is 0. The minimum Gasteiger partial charge on any atom is -0.439 e. The molecular weight excluding hydrogens is 343 g/mol. The number of halogens is 1. The van der Waals surface area contributed by atoms with Crippen molar-refractivity contribution in [3.8, 4) is 11.6 Å². The molecular formula is C21H21FN4O. The van der Waals surface area contributed by atoms with E-state index in [-0.39, 0.29) is 5.82 Å². The fourth-order valence-electron chi connectivity index (χ4n) is 2.64. The van der Waals surface area contributed by atoms with Gasteiger partial charge in [-0.3, -0.25) is 0 Å². The molecule has 0 aliphatic carbocycles. The molecule has 0 bridgehead atoms. The maximum atomic E-state index is 13.0. The summed E-state index contributed by atoms with van der Waals surface area (Å²) in [4.78, 5) is 8.52. The van der Waals surface area contributed by atoms with E-state index in [1.54, 1.807) is 24.4 Å². The minimum atomic E-state index is -0.315. The van der Waals surface area contributed by atoms with Crippen molar-refractivity contribution >= 4 is 11.6 Å². The van der Waals surface area contributed by atoms with Crippen LogP contribution in [0.2, 0.25) is 0 Å². The highest BCUT2D eigenvalue weighted by molar-refractivity contribution is 5.92. The Bertz CT molecular complexity index is 934. The molecule has 2 aromatic carbocycles. The Morgan fingerprint density at radius 1 is 1.07 bits per heavy atom. The van der Waals surface area contributed by atoms with Crippen molar-refractivity contribution in [2.45, 2.75) is 20.4 Å². The third-order valence-electron chi connectivity index (χ3n) is 3.76. The number of hydrogen-bond donors (Lipinski definition) is 2. The average molecular weight is 364 g/mol. The van der Waals surface area contributed by atoms with E-state index in [0.717, 1.165) is 22.4 Å². The van der Waals surface area contributed by atoms with Crippen LogP contribution in [0.3, 0.4) is 0 Å². The number of aliphatic imine (C=N–C) groups is 1. The maximum Gasteiger partial charge on any atom is 0.219 e. The third kappa shape index (κ3) is 5.54. The van der Waals surface area contributed by atoms with Gasteiger partial charge in [-0.05, 0) is 73.0 Å². The Balaban J connectivity index is 1.64. The molecule has 3 aromatic rings. The molecule has 0 aliphatic rings. The van der Waals surface area contributed by atoms with Gasteiger partial charge in [0, 0.05) is 18.0 Å². The summed E-state index contributed by atoms with van der Waals surface area (Å²) in [7, 11) is 0. The Labute approximate surface area is 157 Å². The number of hydrogen-bond acceptors (Lipinski definition) is 3. The van der Waals surface area contributed by atoms with E-state index < -0.39 is 0 Å². The summed E-state index contributed by atoms with van der Waals surface area (Å²) < 4.78 is 18.6. The van der Waals surface area contributed by atoms with Crippen LogP contribution in [0.5, 0.6) is 11.6 Å². The first kappa shape index (κ1) is 18.4. The van der Waals surface area contributed by atoms with Crippen LogP contribution in [-0.4, -0.2) is 10.9 Å². The van der Waals surface area contributed by atoms with Crippen molar-refractivity contribution in [3.63, 3.8) is 0 Å². The molecule has 3 rings (SSSR count). The van der Waals surface area contributed by atoms with Gasteiger partial charge in [0.05, 0.1) is 6.54 Å². The molecule has 0 fully saturated rings. The zero-order valence-electron chi connectivity index (χ0n) is 15.2. The van der Waals surface area contributed by atoms with E-state index in [9.17, 15) is 4.39 Å². The number of anilines is 1. The summed E-state index contributed by atoms with van der Waals surface area (Å²) in [5, 5.41) is 3.10. The van der Waals surface area contributed by atoms with Crippen LogP contribution in [0.25, 0.3) is 0 Å². The number of nitrogens with one attached hydrogen (secondary N) is 1. The van der Waals surface area contributed by atoms with Crippen LogP contribution in [0.15, 0.2) is 65.8 Å². The Morgan fingerprint density at radius 3 is 2.48 bits per heavy atom. The number of benzene rings is 2. The molecule has 0 atom stereocenters. The van der Waals surface area contributed by atoms with E-state index in [1.165, 1.54) is 12.1 Å². The molecule has 3 N–H and O–H groups in total. The molecule has 0 saturated heterocycles. The van der Waals surface area contributed by atoms with Crippen LogP contribution in [0.1, 0.15) is 16.7 Å². The van der Waals surface area contributed by atoms with Gasteiger partial charge in [-0.2, -0.15) is 0 Å². The lowest BCUT2D eigenvalue weighted by Crippen LogP contribution is -2.22. The number of nitrogens with two attached hydrogens (primary N) is 1. The summed E-state index contributed by atoms with van der Waals surface area (Å²) in [5.41, 5.74) is 10.1. The van der Waals surface area contributed by atoms with Crippen LogP contribution in [0.4, 0.5) is 10.1 Å². The monoisotopic (exact) mass is 364 g/mol. The molecule has 27 heavy (non-hydrogen) atoms. The van der Waals surface area contributed by atoms with Gasteiger partial charge >= 0.3 is 0 Å². The van der Waals surface area contributed by atoms with Crippen LogP contribution in [0, 0.1) is 19.7 Å². The van der Waals surface area contributed by atoms with Gasteiger partial charge in [-0.1, -0.05) is 6.07 Å². The second-order valence-electron chi connectivity index (χ2n) is 6.26. The molecule has 0 amide bonds. The highest BCUT2D eigenvalue weighted by atomic mass is 19.1. The summed E-state index contributed by atoms with van der Waals surface area (Å²) in [6, 6.07) is 15.5. The molecule has 0 aliphatic heterocycles. The summed E-state index contributed by atoms with van der Waals surface area (Å²) in [6.45, 7) is 4.45. The molecule has 138 valence electrons. The van der Waals surface area contributed by atoms with Gasteiger partial charge in [-0.15, -0.1) is 0 Å². The van der Waals surface area contributed by atoms with Gasteiger partial charge in [0.2, 0.25) is 5.88 Å². The minimum absolute atomic E-state index is 0.315. The zero-order chi connectivity index (χ0) is 19.2. The number of guanidine groups is 1. The van der Waals surface area contributed by atoms with E-state index >= 15 is 0 Å². The van der Waals surface area contributed by atoms with E-state index in [0.29, 0.717) is 24.1 Å². The highest BCUT2D eigenvalue weighted by Crippen LogP contribution is 2.20. The first-order valence-electron chi connectivity index (χ1n) is 8.51. The molecule has 1 aromatic heterocycles. The van der Waals surface area contributed by atoms with Crippen LogP contribution >= 0.6 is 0 Å². The number of pyridine rings is 1. The van der Waals surface area contributed by atoms with Gasteiger partial charge in [0.15, 0.2) is 5.96 Å². The smallest absolute Gasteiger partial charge is 0.219 e. The van der Waals surface area contributed by atoms with Crippen molar-refractivity contribution in [1.29, 1.82) is 0 Å². The van der Waals surface area contributed by atoms with E-state index in [4.69, 9.17) is 10.5 Å². The lowest BCUT2D eigenvalue weighted by Gasteiger charge is -2.08. The van der Waals surface area contributed by atoms with Gasteiger partial charge in [0.25, 0.3) is 0 Å². The first-order valence-corrected chi connectivity index (χ1v) is 8.51. The quantitative estimate of drug-likeness (QED) is 0.514. The molecule has 1 heterocycles. The van der Waals surface area contributed by atoms with Crippen molar-refractivity contribution in [3.05, 3.63) is 83.3 Å². The number of nitrogens with zero attached hydrogens (tertiary/aromatic N) is 2. The standard InChI is InChI=1S/C21H21FN4O/c1-14-9-15(2)11-18(10-14)26-21(23)25-13-16-7-8-24-20(12-16)27-19-5-3-17(22)4-6-19/h3-12H,13H2,1-2H3,(H3,23,25,26). The second-order valence-corrected chi connectivity index (χ2v) is 6.26. The normalized spacial score (nSPS) is 11.3. The Morgan fingerprint density at radius 2 is 1.78 bits per heavy atom. The predicted molar refractivity (Wildman–Crippen MR) is 106 cm³/mol. The van der Waals surface area contributed by atoms with E-state index in [2.05, 4.69) is 21.4 Å². The van der Waals surface area contributed by atoms with Crippen LogP contribution < -0.4 is 15.8 Å². The van der Waals surface area contributed by atoms with Crippen molar-refractivity contribution in [1.82, 2.24) is 4.98 Å². The molecule has 5 nitrogen and oxygen atoms in total.